The molecule has 0 bridgehead atoms. The lowest BCUT2D eigenvalue weighted by Gasteiger charge is -2.48. The lowest BCUT2D eigenvalue weighted by Crippen LogP contribution is -2.67. The number of methoxy groups -OCH3 is 1. The van der Waals surface area contributed by atoms with Crippen LogP contribution in [0.25, 0.3) is 0 Å². The number of carbonyl (C=O) groups excluding carboxylic acids is 2. The number of rotatable bonds is 15. The van der Waals surface area contributed by atoms with Gasteiger partial charge in [0.1, 0.15) is 0 Å². The Morgan fingerprint density at radius 1 is 0.804 bits per heavy atom. The average molecular weight is 778 g/mol. The van der Waals surface area contributed by atoms with E-state index >= 15 is 0 Å². The monoisotopic (exact) mass is 777 g/mol. The number of Topliss-reactive ketones (excluding diaryl/α,β-unsaturated/α-hetero) is 1. The molecule has 0 spiro atoms. The normalized spacial score (nSPS) is 25.7. The zero-order valence-corrected chi connectivity index (χ0v) is 34.8. The zero-order chi connectivity index (χ0) is 39.7. The van der Waals surface area contributed by atoms with Crippen molar-refractivity contribution in [3.8, 4) is 0 Å². The van der Waals surface area contributed by atoms with Crippen LogP contribution in [0.1, 0.15) is 63.4 Å². The maximum absolute atomic E-state index is 13.4. The number of ketones is 1. The Labute approximate surface area is 334 Å². The van der Waals surface area contributed by atoms with E-state index < -0.39 is 20.4 Å². The van der Waals surface area contributed by atoms with Gasteiger partial charge in [0.25, 0.3) is 8.32 Å². The van der Waals surface area contributed by atoms with Gasteiger partial charge >= 0.3 is 5.97 Å². The Kier molecular flexibility index (Phi) is 14.1. The lowest BCUT2D eigenvalue weighted by molar-refractivity contribution is -0.195. The summed E-state index contributed by atoms with van der Waals surface area (Å²) in [7, 11) is -1.44. The van der Waals surface area contributed by atoms with Crippen LogP contribution in [0.2, 0.25) is 5.04 Å². The van der Waals surface area contributed by atoms with Gasteiger partial charge in [-0.05, 0) is 39.7 Å². The number of carbonyl (C=O) groups is 2. The minimum absolute atomic E-state index is 0.0137. The second-order valence-electron chi connectivity index (χ2n) is 16.6. The van der Waals surface area contributed by atoms with E-state index in [1.165, 1.54) is 17.5 Å². The van der Waals surface area contributed by atoms with Gasteiger partial charge < -0.3 is 28.7 Å². The smallest absolute Gasteiger partial charge is 0.335 e. The molecule has 2 fully saturated rings. The van der Waals surface area contributed by atoms with Gasteiger partial charge in [0.15, 0.2) is 11.9 Å². The highest BCUT2D eigenvalue weighted by molar-refractivity contribution is 6.99. The summed E-state index contributed by atoms with van der Waals surface area (Å²) in [5.41, 5.74) is 1.72. The summed E-state index contributed by atoms with van der Waals surface area (Å²) in [6.07, 6.45) is -0.548. The van der Waals surface area contributed by atoms with Crippen LogP contribution in [0.5, 0.6) is 0 Å². The van der Waals surface area contributed by atoms with E-state index in [1.54, 1.807) is 0 Å². The quantitative estimate of drug-likeness (QED) is 0.0785. The van der Waals surface area contributed by atoms with Crippen LogP contribution in [0.15, 0.2) is 121 Å². The van der Waals surface area contributed by atoms with Gasteiger partial charge in [-0.3, -0.25) is 4.79 Å². The second kappa shape index (κ2) is 19.0. The Bertz CT molecular complexity index is 1780. The summed E-state index contributed by atoms with van der Waals surface area (Å²) in [5.74, 6) is -0.634. The lowest BCUT2D eigenvalue weighted by atomic mass is 9.77. The van der Waals surface area contributed by atoms with E-state index in [4.69, 9.17) is 23.4 Å². The highest BCUT2D eigenvalue weighted by Gasteiger charge is 2.52. The SMILES string of the molecule is COC(=O)C1OCC(C)C(OCc2ccccc2)C1CC1OC(CO[Si](c2ccccc2)(c2ccccc2)C(C)(C)C)CC(C)C1NCC(=O)c1ccccc1. The van der Waals surface area contributed by atoms with Crippen LogP contribution >= 0.6 is 0 Å². The Morgan fingerprint density at radius 3 is 1.95 bits per heavy atom. The first-order valence-electron chi connectivity index (χ1n) is 20.1. The molecule has 0 saturated carbocycles. The molecule has 4 aromatic rings. The van der Waals surface area contributed by atoms with E-state index in [1.807, 2.05) is 60.7 Å². The Morgan fingerprint density at radius 2 is 1.38 bits per heavy atom. The highest BCUT2D eigenvalue weighted by Crippen LogP contribution is 2.40. The molecular formula is C47H59NO7Si. The van der Waals surface area contributed by atoms with E-state index in [0.29, 0.717) is 31.8 Å². The molecule has 9 heteroatoms. The highest BCUT2D eigenvalue weighted by atomic mass is 28.4. The zero-order valence-electron chi connectivity index (χ0n) is 33.8. The van der Waals surface area contributed by atoms with Gasteiger partial charge in [0, 0.05) is 23.4 Å². The minimum atomic E-state index is -2.84. The molecule has 56 heavy (non-hydrogen) atoms. The molecule has 2 heterocycles. The van der Waals surface area contributed by atoms with Gasteiger partial charge in [-0.15, -0.1) is 0 Å². The molecule has 298 valence electrons. The number of nitrogens with one attached hydrogen (secondary N) is 1. The standard InChI is InChI=1S/C47H59NO7Si/c1-33-27-37(32-54-56(47(3,4)5,38-23-15-9-16-24-38)39-25-17-10-18-26-39)55-42(43(33)48-29-41(49)36-21-13-8-14-22-36)28-40-44(53-31-35-19-11-7-12-20-35)34(2)30-52-45(40)46(50)51-6/h7-26,33-34,37,40,42-45,48H,27-32H2,1-6H3. The van der Waals surface area contributed by atoms with Crippen molar-refractivity contribution in [3.05, 3.63) is 132 Å². The second-order valence-corrected chi connectivity index (χ2v) is 20.9. The molecule has 2 aliphatic heterocycles. The van der Waals surface area contributed by atoms with Crippen LogP contribution in [-0.4, -0.2) is 77.4 Å². The van der Waals surface area contributed by atoms with Crippen molar-refractivity contribution in [2.75, 3.05) is 26.9 Å². The summed E-state index contributed by atoms with van der Waals surface area (Å²) in [6.45, 7) is 12.5. The summed E-state index contributed by atoms with van der Waals surface area (Å²) >= 11 is 0. The summed E-state index contributed by atoms with van der Waals surface area (Å²) in [5, 5.41) is 5.85. The van der Waals surface area contributed by atoms with E-state index in [0.717, 1.165) is 12.0 Å². The molecule has 8 nitrogen and oxygen atoms in total. The summed E-state index contributed by atoms with van der Waals surface area (Å²) < 4.78 is 32.8. The minimum Gasteiger partial charge on any atom is -0.467 e. The maximum Gasteiger partial charge on any atom is 0.335 e. The van der Waals surface area contributed by atoms with Gasteiger partial charge in [-0.2, -0.15) is 0 Å². The third-order valence-electron chi connectivity index (χ3n) is 11.6. The maximum atomic E-state index is 13.4. The predicted octanol–water partition coefficient (Wildman–Crippen LogP) is 7.00. The molecule has 0 radical (unpaired) electrons. The van der Waals surface area contributed by atoms with E-state index in [2.05, 4.69) is 101 Å². The molecule has 8 atom stereocenters. The van der Waals surface area contributed by atoms with E-state index in [-0.39, 0.29) is 59.5 Å². The number of esters is 1. The van der Waals surface area contributed by atoms with Crippen molar-refractivity contribution in [2.45, 2.75) is 89.6 Å². The first-order chi connectivity index (χ1) is 27.0. The van der Waals surface area contributed by atoms with Crippen molar-refractivity contribution >= 4 is 30.4 Å². The first kappa shape index (κ1) is 41.7. The Balaban J connectivity index is 1.31. The third kappa shape index (κ3) is 9.59. The van der Waals surface area contributed by atoms with E-state index in [9.17, 15) is 9.59 Å². The molecule has 0 aliphatic carbocycles. The molecule has 8 unspecified atom stereocenters. The largest absolute Gasteiger partial charge is 0.467 e. The molecular weight excluding hydrogens is 719 g/mol. The fourth-order valence-electron chi connectivity index (χ4n) is 8.88. The molecule has 0 aromatic heterocycles. The first-order valence-corrected chi connectivity index (χ1v) is 22.0. The summed E-state index contributed by atoms with van der Waals surface area (Å²) in [6, 6.07) is 40.6. The van der Waals surface area contributed by atoms with Crippen LogP contribution in [-0.2, 0) is 34.8 Å². The summed E-state index contributed by atoms with van der Waals surface area (Å²) in [4.78, 5) is 26.8. The molecule has 0 amide bonds. The molecule has 2 saturated heterocycles. The van der Waals surface area contributed by atoms with Gasteiger partial charge in [-0.1, -0.05) is 156 Å². The number of hydrogen-bond donors (Lipinski definition) is 1. The predicted molar refractivity (Wildman–Crippen MR) is 223 cm³/mol. The number of hydrogen-bond acceptors (Lipinski definition) is 8. The van der Waals surface area contributed by atoms with Crippen LogP contribution in [0.4, 0.5) is 0 Å². The molecule has 6 rings (SSSR count). The number of benzene rings is 4. The van der Waals surface area contributed by atoms with Crippen molar-refractivity contribution in [2.24, 2.45) is 17.8 Å². The van der Waals surface area contributed by atoms with Crippen molar-refractivity contribution in [1.29, 1.82) is 0 Å². The molecule has 1 N–H and O–H groups in total. The van der Waals surface area contributed by atoms with Gasteiger partial charge in [-0.25, -0.2) is 4.79 Å². The Hall–Kier alpha value is -3.96. The molecule has 2 aliphatic rings. The fourth-order valence-corrected chi connectivity index (χ4v) is 13.5. The number of ether oxygens (including phenoxy) is 4. The van der Waals surface area contributed by atoms with Crippen molar-refractivity contribution in [3.63, 3.8) is 0 Å². The topological polar surface area (TPSA) is 92.3 Å². The average Bonchev–Trinajstić information content (AvgIpc) is 3.21. The third-order valence-corrected chi connectivity index (χ3v) is 16.7. The van der Waals surface area contributed by atoms with Crippen molar-refractivity contribution in [1.82, 2.24) is 5.32 Å². The van der Waals surface area contributed by atoms with Gasteiger partial charge in [0.2, 0.25) is 0 Å². The van der Waals surface area contributed by atoms with Crippen LogP contribution in [0, 0.1) is 17.8 Å². The fraction of sp³-hybridized carbons (Fsp3) is 0.447. The van der Waals surface area contributed by atoms with Crippen LogP contribution < -0.4 is 15.7 Å². The molecule has 4 aromatic carbocycles. The van der Waals surface area contributed by atoms with Crippen molar-refractivity contribution < 1.29 is 33.0 Å². The van der Waals surface area contributed by atoms with Crippen LogP contribution in [0.3, 0.4) is 0 Å². The van der Waals surface area contributed by atoms with Gasteiger partial charge in [0.05, 0.1) is 51.8 Å².